The maximum absolute atomic E-state index is 11.8. The molecule has 18 heavy (non-hydrogen) atoms. The van der Waals surface area contributed by atoms with Gasteiger partial charge in [-0.15, -0.1) is 0 Å². The van der Waals surface area contributed by atoms with Crippen LogP contribution in [0.5, 0.6) is 0 Å². The summed E-state index contributed by atoms with van der Waals surface area (Å²) >= 11 is 0. The molecule has 0 aliphatic carbocycles. The van der Waals surface area contributed by atoms with E-state index in [1.807, 2.05) is 0 Å². The predicted molar refractivity (Wildman–Crippen MR) is 60.0 cm³/mol. The number of carbonyl (C=O) groups is 2. The Morgan fingerprint density at radius 1 is 1.44 bits per heavy atom. The molecule has 0 saturated carbocycles. The molecule has 2 aromatic rings. The minimum atomic E-state index is -0.647. The van der Waals surface area contributed by atoms with E-state index in [4.69, 9.17) is 4.74 Å². The van der Waals surface area contributed by atoms with Crippen molar-refractivity contribution in [3.8, 4) is 0 Å². The molecular formula is C11H11N3O4. The van der Waals surface area contributed by atoms with Crippen molar-refractivity contribution in [1.82, 2.24) is 14.6 Å². The summed E-state index contributed by atoms with van der Waals surface area (Å²) in [6, 6.07) is 1.70. The third-order valence-corrected chi connectivity index (χ3v) is 2.32. The lowest BCUT2D eigenvalue weighted by Gasteiger charge is -2.02. The Bertz CT molecular complexity index is 605. The number of rotatable bonds is 3. The molecule has 0 aromatic carbocycles. The summed E-state index contributed by atoms with van der Waals surface area (Å²) in [6.07, 6.45) is 3.22. The fraction of sp³-hybridized carbons (Fsp3) is 0.273. The molecule has 0 radical (unpaired) electrons. The van der Waals surface area contributed by atoms with Crippen molar-refractivity contribution in [2.75, 3.05) is 13.7 Å². The fourth-order valence-electron chi connectivity index (χ4n) is 1.49. The molecule has 0 spiro atoms. The van der Waals surface area contributed by atoms with E-state index >= 15 is 0 Å². The molecule has 0 bridgehead atoms. The van der Waals surface area contributed by atoms with E-state index in [0.29, 0.717) is 11.3 Å². The van der Waals surface area contributed by atoms with Crippen LogP contribution in [0.2, 0.25) is 0 Å². The second-order valence-electron chi connectivity index (χ2n) is 3.50. The van der Waals surface area contributed by atoms with E-state index < -0.39 is 18.5 Å². The Balaban J connectivity index is 2.27. The zero-order chi connectivity index (χ0) is 13.1. The molecule has 7 nitrogen and oxygen atoms in total. The number of aryl methyl sites for hydroxylation is 1. The molecule has 0 fully saturated rings. The highest BCUT2D eigenvalue weighted by Crippen LogP contribution is 2.13. The number of fused-ring (bicyclic) bond motifs is 1. The molecule has 2 heterocycles. The van der Waals surface area contributed by atoms with Crippen LogP contribution in [0, 0.1) is 6.92 Å². The standard InChI is InChI=1S/C11H11N3O4/c1-7-9(11(16)18-6-8(15)17-2)10-12-4-3-5-14(10)13-7/h3-5H,6H2,1-2H3. The molecule has 0 amide bonds. The monoisotopic (exact) mass is 249 g/mol. The number of ether oxygens (including phenoxy) is 2. The number of carbonyl (C=O) groups excluding carboxylic acids is 2. The minimum absolute atomic E-state index is 0.250. The first-order chi connectivity index (χ1) is 8.63. The van der Waals surface area contributed by atoms with Gasteiger partial charge in [-0.25, -0.2) is 19.1 Å². The van der Waals surface area contributed by atoms with Crippen molar-refractivity contribution in [3.05, 3.63) is 29.7 Å². The van der Waals surface area contributed by atoms with Crippen LogP contribution in [-0.2, 0) is 14.3 Å². The third-order valence-electron chi connectivity index (χ3n) is 2.32. The van der Waals surface area contributed by atoms with Gasteiger partial charge in [-0.05, 0) is 13.0 Å². The first-order valence-electron chi connectivity index (χ1n) is 5.17. The molecular weight excluding hydrogens is 238 g/mol. The number of methoxy groups -OCH3 is 1. The third kappa shape index (κ3) is 2.15. The second kappa shape index (κ2) is 4.82. The van der Waals surface area contributed by atoms with E-state index in [9.17, 15) is 9.59 Å². The minimum Gasteiger partial charge on any atom is -0.466 e. The van der Waals surface area contributed by atoms with Crippen molar-refractivity contribution >= 4 is 17.6 Å². The van der Waals surface area contributed by atoms with Crippen LogP contribution in [0.3, 0.4) is 0 Å². The summed E-state index contributed by atoms with van der Waals surface area (Å²) in [5, 5.41) is 4.12. The topological polar surface area (TPSA) is 82.8 Å². The van der Waals surface area contributed by atoms with Gasteiger partial charge >= 0.3 is 11.9 Å². The Morgan fingerprint density at radius 3 is 2.94 bits per heavy atom. The molecule has 0 atom stereocenters. The van der Waals surface area contributed by atoms with Gasteiger partial charge in [0, 0.05) is 12.4 Å². The van der Waals surface area contributed by atoms with Gasteiger partial charge in [-0.2, -0.15) is 5.10 Å². The summed E-state index contributed by atoms with van der Waals surface area (Å²) in [7, 11) is 1.22. The van der Waals surface area contributed by atoms with Crippen molar-refractivity contribution in [2.24, 2.45) is 0 Å². The van der Waals surface area contributed by atoms with E-state index in [2.05, 4.69) is 14.8 Å². The smallest absolute Gasteiger partial charge is 0.344 e. The number of hydrogen-bond donors (Lipinski definition) is 0. The highest BCUT2D eigenvalue weighted by molar-refractivity contribution is 5.97. The SMILES string of the molecule is COC(=O)COC(=O)c1c(C)nn2cccnc12. The highest BCUT2D eigenvalue weighted by Gasteiger charge is 2.20. The van der Waals surface area contributed by atoms with Crippen LogP contribution >= 0.6 is 0 Å². The van der Waals surface area contributed by atoms with Crippen LogP contribution in [-0.4, -0.2) is 40.3 Å². The molecule has 0 aliphatic heterocycles. The van der Waals surface area contributed by atoms with Crippen molar-refractivity contribution in [2.45, 2.75) is 6.92 Å². The van der Waals surface area contributed by atoms with Crippen molar-refractivity contribution in [3.63, 3.8) is 0 Å². The zero-order valence-electron chi connectivity index (χ0n) is 9.91. The average Bonchev–Trinajstić information content (AvgIpc) is 2.71. The summed E-state index contributed by atoms with van der Waals surface area (Å²) in [5.74, 6) is -1.27. The number of esters is 2. The lowest BCUT2D eigenvalue weighted by Crippen LogP contribution is -2.15. The van der Waals surface area contributed by atoms with E-state index in [1.165, 1.54) is 11.6 Å². The Morgan fingerprint density at radius 2 is 2.22 bits per heavy atom. The lowest BCUT2D eigenvalue weighted by atomic mass is 10.2. The van der Waals surface area contributed by atoms with Crippen LogP contribution in [0.4, 0.5) is 0 Å². The van der Waals surface area contributed by atoms with Gasteiger partial charge in [0.15, 0.2) is 12.3 Å². The average molecular weight is 249 g/mol. The molecule has 2 rings (SSSR count). The molecule has 0 unspecified atom stereocenters. The first kappa shape index (κ1) is 12.0. The van der Waals surface area contributed by atoms with E-state index in [-0.39, 0.29) is 5.56 Å². The molecule has 0 aliphatic rings. The largest absolute Gasteiger partial charge is 0.466 e. The number of hydrogen-bond acceptors (Lipinski definition) is 6. The van der Waals surface area contributed by atoms with Crippen LogP contribution in [0.25, 0.3) is 5.65 Å². The van der Waals surface area contributed by atoms with Gasteiger partial charge < -0.3 is 9.47 Å². The summed E-state index contributed by atoms with van der Waals surface area (Å²) < 4.78 is 10.7. The summed E-state index contributed by atoms with van der Waals surface area (Å²) in [5.41, 5.74) is 1.13. The number of aromatic nitrogens is 3. The normalized spacial score (nSPS) is 10.3. The lowest BCUT2D eigenvalue weighted by molar-refractivity contribution is -0.144. The molecule has 0 N–H and O–H groups in total. The van der Waals surface area contributed by atoms with E-state index in [1.54, 1.807) is 25.4 Å². The predicted octanol–water partition coefficient (Wildman–Crippen LogP) is 0.368. The molecule has 7 heteroatoms. The highest BCUT2D eigenvalue weighted by atomic mass is 16.6. The second-order valence-corrected chi connectivity index (χ2v) is 3.50. The number of nitrogens with zero attached hydrogens (tertiary/aromatic N) is 3. The Kier molecular flexibility index (Phi) is 3.22. The molecule has 0 saturated heterocycles. The van der Waals surface area contributed by atoms with Crippen molar-refractivity contribution < 1.29 is 19.1 Å². The summed E-state index contributed by atoms with van der Waals surface area (Å²) in [6.45, 7) is 1.24. The van der Waals surface area contributed by atoms with Crippen LogP contribution in [0.1, 0.15) is 16.1 Å². The van der Waals surface area contributed by atoms with E-state index in [0.717, 1.165) is 0 Å². The summed E-state index contributed by atoms with van der Waals surface area (Å²) in [4.78, 5) is 26.8. The quantitative estimate of drug-likeness (QED) is 0.731. The Labute approximate surface area is 102 Å². The Hall–Kier alpha value is -2.44. The maximum atomic E-state index is 11.8. The first-order valence-corrected chi connectivity index (χ1v) is 5.17. The fourth-order valence-corrected chi connectivity index (χ4v) is 1.49. The van der Waals surface area contributed by atoms with Crippen molar-refractivity contribution in [1.29, 1.82) is 0 Å². The van der Waals surface area contributed by atoms with Crippen LogP contribution < -0.4 is 0 Å². The van der Waals surface area contributed by atoms with Gasteiger partial charge in [-0.3, -0.25) is 0 Å². The van der Waals surface area contributed by atoms with Gasteiger partial charge in [0.05, 0.1) is 12.8 Å². The van der Waals surface area contributed by atoms with Crippen LogP contribution in [0.15, 0.2) is 18.5 Å². The van der Waals surface area contributed by atoms with Gasteiger partial charge in [0.2, 0.25) is 0 Å². The molecule has 94 valence electrons. The van der Waals surface area contributed by atoms with Gasteiger partial charge in [0.25, 0.3) is 0 Å². The van der Waals surface area contributed by atoms with Gasteiger partial charge in [-0.1, -0.05) is 0 Å². The molecule has 2 aromatic heterocycles. The van der Waals surface area contributed by atoms with Gasteiger partial charge in [0.1, 0.15) is 5.56 Å². The maximum Gasteiger partial charge on any atom is 0.344 e. The zero-order valence-corrected chi connectivity index (χ0v) is 9.91.